The standard InChI is InChI=1S/C16H17BrN2S/c1-2-18-9-12-3-4-13-5-6-19(16(13)7-12)10-15-8-14(17)11-20-15/h3-8,11,18H,2,9-10H2,1H3. The van der Waals surface area contributed by atoms with Gasteiger partial charge < -0.3 is 9.88 Å². The highest BCUT2D eigenvalue weighted by Crippen LogP contribution is 2.24. The summed E-state index contributed by atoms with van der Waals surface area (Å²) in [5, 5.41) is 6.82. The van der Waals surface area contributed by atoms with Gasteiger partial charge >= 0.3 is 0 Å². The van der Waals surface area contributed by atoms with Crippen LogP contribution in [0.1, 0.15) is 17.4 Å². The van der Waals surface area contributed by atoms with Crippen LogP contribution in [-0.2, 0) is 13.1 Å². The van der Waals surface area contributed by atoms with E-state index >= 15 is 0 Å². The molecule has 2 nitrogen and oxygen atoms in total. The third-order valence-corrected chi connectivity index (χ3v) is 5.05. The molecule has 3 rings (SSSR count). The van der Waals surface area contributed by atoms with Gasteiger partial charge in [0, 0.05) is 33.0 Å². The van der Waals surface area contributed by atoms with Gasteiger partial charge in [0.05, 0.1) is 6.54 Å². The lowest BCUT2D eigenvalue weighted by atomic mass is 10.1. The lowest BCUT2D eigenvalue weighted by Crippen LogP contribution is -2.11. The number of halogens is 1. The van der Waals surface area contributed by atoms with Crippen molar-refractivity contribution in [1.29, 1.82) is 0 Å². The predicted molar refractivity (Wildman–Crippen MR) is 90.4 cm³/mol. The van der Waals surface area contributed by atoms with Gasteiger partial charge in [-0.3, -0.25) is 0 Å². The fraction of sp³-hybridized carbons (Fsp3) is 0.250. The number of nitrogens with zero attached hydrogens (tertiary/aromatic N) is 1. The molecule has 0 unspecified atom stereocenters. The normalized spacial score (nSPS) is 11.3. The number of rotatable bonds is 5. The number of aromatic nitrogens is 1. The summed E-state index contributed by atoms with van der Waals surface area (Å²) in [5.74, 6) is 0. The Morgan fingerprint density at radius 3 is 2.90 bits per heavy atom. The molecule has 104 valence electrons. The summed E-state index contributed by atoms with van der Waals surface area (Å²) in [7, 11) is 0. The Morgan fingerprint density at radius 1 is 1.25 bits per heavy atom. The molecular formula is C16H17BrN2S. The van der Waals surface area contributed by atoms with E-state index in [1.54, 1.807) is 11.3 Å². The average Bonchev–Trinajstić information content (AvgIpc) is 3.04. The van der Waals surface area contributed by atoms with Crippen LogP contribution in [0.15, 0.2) is 46.4 Å². The Kier molecular flexibility index (Phi) is 4.24. The van der Waals surface area contributed by atoms with Crippen molar-refractivity contribution < 1.29 is 0 Å². The van der Waals surface area contributed by atoms with E-state index in [2.05, 4.69) is 74.6 Å². The number of benzene rings is 1. The number of thiophene rings is 1. The highest BCUT2D eigenvalue weighted by Gasteiger charge is 2.05. The van der Waals surface area contributed by atoms with Gasteiger partial charge in [0.1, 0.15) is 0 Å². The van der Waals surface area contributed by atoms with Crippen molar-refractivity contribution in [2.75, 3.05) is 6.54 Å². The van der Waals surface area contributed by atoms with E-state index in [4.69, 9.17) is 0 Å². The Labute approximate surface area is 131 Å². The zero-order valence-corrected chi connectivity index (χ0v) is 13.8. The molecule has 3 aromatic rings. The van der Waals surface area contributed by atoms with Crippen LogP contribution >= 0.6 is 27.3 Å². The van der Waals surface area contributed by atoms with E-state index in [1.807, 2.05) is 0 Å². The second kappa shape index (κ2) is 6.12. The largest absolute Gasteiger partial charge is 0.342 e. The molecular weight excluding hydrogens is 332 g/mol. The molecule has 1 N–H and O–H groups in total. The third kappa shape index (κ3) is 2.97. The predicted octanol–water partition coefficient (Wildman–Crippen LogP) is 4.62. The first-order valence-corrected chi connectivity index (χ1v) is 8.45. The zero-order valence-electron chi connectivity index (χ0n) is 11.4. The molecule has 0 fully saturated rings. The van der Waals surface area contributed by atoms with E-state index in [9.17, 15) is 0 Å². The highest BCUT2D eigenvalue weighted by atomic mass is 79.9. The van der Waals surface area contributed by atoms with Gasteiger partial charge in [-0.25, -0.2) is 0 Å². The number of fused-ring (bicyclic) bond motifs is 1. The lowest BCUT2D eigenvalue weighted by molar-refractivity contribution is 0.727. The maximum atomic E-state index is 3.52. The van der Waals surface area contributed by atoms with E-state index in [-0.39, 0.29) is 0 Å². The molecule has 4 heteroatoms. The van der Waals surface area contributed by atoms with Gasteiger partial charge in [0.15, 0.2) is 0 Å². The minimum atomic E-state index is 0.933. The second-order valence-electron chi connectivity index (χ2n) is 4.85. The van der Waals surface area contributed by atoms with Crippen LogP contribution in [0.25, 0.3) is 10.9 Å². The molecule has 0 aliphatic rings. The van der Waals surface area contributed by atoms with Gasteiger partial charge in [-0.15, -0.1) is 11.3 Å². The maximum Gasteiger partial charge on any atom is 0.0569 e. The number of hydrogen-bond acceptors (Lipinski definition) is 2. The van der Waals surface area contributed by atoms with Gasteiger partial charge in [-0.2, -0.15) is 0 Å². The Balaban J connectivity index is 1.90. The summed E-state index contributed by atoms with van der Waals surface area (Å²) >= 11 is 5.31. The summed E-state index contributed by atoms with van der Waals surface area (Å²) in [6.45, 7) is 5.00. The molecule has 20 heavy (non-hydrogen) atoms. The molecule has 0 radical (unpaired) electrons. The summed E-state index contributed by atoms with van der Waals surface area (Å²) in [6.07, 6.45) is 2.18. The molecule has 0 aliphatic carbocycles. The fourth-order valence-electron chi connectivity index (χ4n) is 2.35. The third-order valence-electron chi connectivity index (χ3n) is 3.37. The summed E-state index contributed by atoms with van der Waals surface area (Å²) in [6, 6.07) is 11.1. The van der Waals surface area contributed by atoms with Crippen LogP contribution < -0.4 is 5.32 Å². The van der Waals surface area contributed by atoms with Crippen LogP contribution in [0.3, 0.4) is 0 Å². The van der Waals surface area contributed by atoms with Crippen molar-refractivity contribution in [1.82, 2.24) is 9.88 Å². The monoisotopic (exact) mass is 348 g/mol. The van der Waals surface area contributed by atoms with E-state index in [0.29, 0.717) is 0 Å². The quantitative estimate of drug-likeness (QED) is 0.711. The lowest BCUT2D eigenvalue weighted by Gasteiger charge is -2.06. The zero-order chi connectivity index (χ0) is 13.9. The highest BCUT2D eigenvalue weighted by molar-refractivity contribution is 9.10. The molecule has 0 bridgehead atoms. The average molecular weight is 349 g/mol. The van der Waals surface area contributed by atoms with Crippen molar-refractivity contribution >= 4 is 38.2 Å². The van der Waals surface area contributed by atoms with Gasteiger partial charge in [-0.05, 0) is 51.6 Å². The minimum absolute atomic E-state index is 0.933. The molecule has 0 amide bonds. The molecule has 0 aliphatic heterocycles. The molecule has 0 atom stereocenters. The van der Waals surface area contributed by atoms with E-state index in [0.717, 1.165) is 19.6 Å². The Hall–Kier alpha value is -1.10. The molecule has 0 saturated heterocycles. The van der Waals surface area contributed by atoms with Crippen molar-refractivity contribution in [3.8, 4) is 0 Å². The van der Waals surface area contributed by atoms with Crippen LogP contribution in [0.2, 0.25) is 0 Å². The van der Waals surface area contributed by atoms with Crippen molar-refractivity contribution in [3.63, 3.8) is 0 Å². The second-order valence-corrected chi connectivity index (χ2v) is 6.76. The van der Waals surface area contributed by atoms with E-state index in [1.165, 1.54) is 25.8 Å². The van der Waals surface area contributed by atoms with Gasteiger partial charge in [-0.1, -0.05) is 19.1 Å². The van der Waals surface area contributed by atoms with Crippen molar-refractivity contribution in [3.05, 3.63) is 56.8 Å². The van der Waals surface area contributed by atoms with Crippen LogP contribution in [0.5, 0.6) is 0 Å². The molecule has 2 heterocycles. The smallest absolute Gasteiger partial charge is 0.0569 e. The number of hydrogen-bond donors (Lipinski definition) is 1. The maximum absolute atomic E-state index is 3.52. The Morgan fingerprint density at radius 2 is 2.15 bits per heavy atom. The first kappa shape index (κ1) is 13.9. The van der Waals surface area contributed by atoms with Crippen molar-refractivity contribution in [2.24, 2.45) is 0 Å². The summed E-state index contributed by atoms with van der Waals surface area (Å²) in [5.41, 5.74) is 2.65. The summed E-state index contributed by atoms with van der Waals surface area (Å²) < 4.78 is 3.49. The van der Waals surface area contributed by atoms with Crippen LogP contribution in [-0.4, -0.2) is 11.1 Å². The number of nitrogens with one attached hydrogen (secondary N) is 1. The topological polar surface area (TPSA) is 17.0 Å². The molecule has 2 aromatic heterocycles. The first-order chi connectivity index (χ1) is 9.76. The minimum Gasteiger partial charge on any atom is -0.342 e. The van der Waals surface area contributed by atoms with Gasteiger partial charge in [0.2, 0.25) is 0 Å². The fourth-order valence-corrected chi connectivity index (χ4v) is 3.80. The SMILES string of the molecule is CCNCc1ccc2ccn(Cc3cc(Br)cs3)c2c1. The Bertz CT molecular complexity index is 714. The van der Waals surface area contributed by atoms with Crippen LogP contribution in [0, 0.1) is 0 Å². The molecule has 0 spiro atoms. The van der Waals surface area contributed by atoms with Gasteiger partial charge in [0.25, 0.3) is 0 Å². The van der Waals surface area contributed by atoms with Crippen molar-refractivity contribution in [2.45, 2.75) is 20.0 Å². The van der Waals surface area contributed by atoms with Crippen LogP contribution in [0.4, 0.5) is 0 Å². The summed E-state index contributed by atoms with van der Waals surface area (Å²) in [4.78, 5) is 1.37. The first-order valence-electron chi connectivity index (χ1n) is 6.77. The van der Waals surface area contributed by atoms with E-state index < -0.39 is 0 Å². The molecule has 1 aromatic carbocycles. The molecule has 0 saturated carbocycles.